The summed E-state index contributed by atoms with van der Waals surface area (Å²) >= 11 is 0. The van der Waals surface area contributed by atoms with E-state index in [0.717, 1.165) is 0 Å². The first-order valence-corrected chi connectivity index (χ1v) is 23.1. The molecule has 0 spiro atoms. The van der Waals surface area contributed by atoms with E-state index >= 15 is 0 Å². The fourth-order valence-corrected chi connectivity index (χ4v) is 6.82. The lowest BCUT2D eigenvalue weighted by Gasteiger charge is -2.28. The fraction of sp³-hybridized carbons (Fsp3) is 0.522. The van der Waals surface area contributed by atoms with Gasteiger partial charge in [0.15, 0.2) is 11.9 Å². The molecule has 0 saturated heterocycles. The number of carboxylic acid groups (broad SMARTS) is 1. The monoisotopic (exact) mass is 981 g/mol. The van der Waals surface area contributed by atoms with Crippen LogP contribution in [0.15, 0.2) is 64.6 Å². The molecule has 0 bridgehead atoms. The number of benzene rings is 2. The molecule has 2 rings (SSSR count). The van der Waals surface area contributed by atoms with Gasteiger partial charge >= 0.3 is 5.97 Å². The smallest absolute Gasteiger partial charge is 0.326 e. The topological polar surface area (TPSA) is 416 Å². The second-order valence-electron chi connectivity index (χ2n) is 17.2. The molecular formula is C46H72N14O10. The Morgan fingerprint density at radius 1 is 0.586 bits per heavy atom. The number of hydrogen-bond acceptors (Lipinski definition) is 12. The lowest BCUT2D eigenvalue weighted by atomic mass is 9.98. The van der Waals surface area contributed by atoms with Crippen molar-refractivity contribution >= 4 is 59.2 Å². The first-order chi connectivity index (χ1) is 33.1. The highest BCUT2D eigenvalue weighted by Crippen LogP contribution is 2.13. The largest absolute Gasteiger partial charge is 0.508 e. The van der Waals surface area contributed by atoms with Crippen LogP contribution in [0, 0.1) is 11.8 Å². The Morgan fingerprint density at radius 3 is 1.59 bits per heavy atom. The quantitative estimate of drug-likeness (QED) is 0.0210. The van der Waals surface area contributed by atoms with Gasteiger partial charge in [-0.2, -0.15) is 0 Å². The van der Waals surface area contributed by atoms with Crippen molar-refractivity contribution in [3.8, 4) is 5.75 Å². The van der Waals surface area contributed by atoms with Crippen molar-refractivity contribution in [3.05, 3.63) is 65.7 Å². The molecule has 386 valence electrons. The van der Waals surface area contributed by atoms with E-state index in [-0.39, 0.29) is 81.6 Å². The van der Waals surface area contributed by atoms with E-state index in [2.05, 4.69) is 47.2 Å². The second-order valence-corrected chi connectivity index (χ2v) is 17.2. The van der Waals surface area contributed by atoms with Crippen LogP contribution in [0.4, 0.5) is 0 Å². The molecular weight excluding hydrogens is 909 g/mol. The Balaban J connectivity index is 2.29. The van der Waals surface area contributed by atoms with Gasteiger partial charge in [0, 0.05) is 19.5 Å². The highest BCUT2D eigenvalue weighted by atomic mass is 16.4. The van der Waals surface area contributed by atoms with Crippen molar-refractivity contribution in [2.24, 2.45) is 50.5 Å². The minimum Gasteiger partial charge on any atom is -0.508 e. The number of guanidine groups is 2. The molecule has 7 atom stereocenters. The van der Waals surface area contributed by atoms with Crippen LogP contribution >= 0.6 is 0 Å². The fourth-order valence-electron chi connectivity index (χ4n) is 6.82. The summed E-state index contributed by atoms with van der Waals surface area (Å²) in [4.78, 5) is 114. The van der Waals surface area contributed by atoms with Crippen LogP contribution in [0.1, 0.15) is 77.3 Å². The zero-order chi connectivity index (χ0) is 52.3. The summed E-state index contributed by atoms with van der Waals surface area (Å²) in [7, 11) is 0. The van der Waals surface area contributed by atoms with E-state index in [4.69, 9.17) is 28.7 Å². The maximum absolute atomic E-state index is 14.2. The second kappa shape index (κ2) is 30.8. The van der Waals surface area contributed by atoms with Crippen molar-refractivity contribution < 1.29 is 48.6 Å². The van der Waals surface area contributed by atoms with Crippen LogP contribution in [0.25, 0.3) is 0 Å². The van der Waals surface area contributed by atoms with Crippen LogP contribution in [-0.2, 0) is 51.2 Å². The predicted molar refractivity (Wildman–Crippen MR) is 262 cm³/mol. The Morgan fingerprint density at radius 2 is 1.07 bits per heavy atom. The van der Waals surface area contributed by atoms with Crippen LogP contribution in [0.5, 0.6) is 5.75 Å². The maximum Gasteiger partial charge on any atom is 0.326 e. The number of nitrogens with zero attached hydrogens (tertiary/aromatic N) is 2. The summed E-state index contributed by atoms with van der Waals surface area (Å²) in [5.74, 6) is -7.50. The molecule has 0 aromatic heterocycles. The van der Waals surface area contributed by atoms with Crippen molar-refractivity contribution in [1.82, 2.24) is 37.2 Å². The van der Waals surface area contributed by atoms with E-state index in [0.29, 0.717) is 17.5 Å². The normalized spacial score (nSPS) is 13.9. The minimum absolute atomic E-state index is 0.0195. The third-order valence-corrected chi connectivity index (χ3v) is 10.8. The molecule has 24 heteroatoms. The number of aliphatic imine (C=N–C) groups is 2. The molecule has 0 saturated carbocycles. The van der Waals surface area contributed by atoms with Crippen LogP contribution in [-0.4, -0.2) is 132 Å². The summed E-state index contributed by atoms with van der Waals surface area (Å²) < 4.78 is 0. The van der Waals surface area contributed by atoms with E-state index in [9.17, 15) is 48.6 Å². The Labute approximate surface area is 407 Å². The molecule has 7 amide bonds. The molecule has 0 radical (unpaired) electrons. The molecule has 0 aliphatic rings. The number of amides is 7. The summed E-state index contributed by atoms with van der Waals surface area (Å²) in [6, 6.07) is 7.40. The van der Waals surface area contributed by atoms with Crippen molar-refractivity contribution in [3.63, 3.8) is 0 Å². The first-order valence-electron chi connectivity index (χ1n) is 23.1. The summed E-state index contributed by atoms with van der Waals surface area (Å²) in [5.41, 5.74) is 29.2. The van der Waals surface area contributed by atoms with Gasteiger partial charge in [0.25, 0.3) is 0 Å². The van der Waals surface area contributed by atoms with Crippen molar-refractivity contribution in [2.45, 2.75) is 115 Å². The number of aliphatic carboxylic acids is 1. The van der Waals surface area contributed by atoms with Gasteiger partial charge in [-0.15, -0.1) is 0 Å². The maximum atomic E-state index is 14.2. The third-order valence-electron chi connectivity index (χ3n) is 10.8. The Kier molecular flexibility index (Phi) is 25.8. The van der Waals surface area contributed by atoms with Gasteiger partial charge in [0.05, 0.1) is 19.1 Å². The van der Waals surface area contributed by atoms with Crippen LogP contribution < -0.4 is 65.9 Å². The lowest BCUT2D eigenvalue weighted by molar-refractivity contribution is -0.144. The molecule has 0 aliphatic heterocycles. The Bertz CT molecular complexity index is 2100. The zero-order valence-corrected chi connectivity index (χ0v) is 40.2. The molecule has 19 N–H and O–H groups in total. The highest BCUT2D eigenvalue weighted by Gasteiger charge is 2.34. The van der Waals surface area contributed by atoms with Gasteiger partial charge in [-0.3, -0.25) is 43.5 Å². The van der Waals surface area contributed by atoms with Gasteiger partial charge in [-0.05, 0) is 73.6 Å². The van der Waals surface area contributed by atoms with Crippen LogP contribution in [0.2, 0.25) is 0 Å². The van der Waals surface area contributed by atoms with E-state index in [1.165, 1.54) is 12.1 Å². The summed E-state index contributed by atoms with van der Waals surface area (Å²) in [5, 5.41) is 37.3. The zero-order valence-electron chi connectivity index (χ0n) is 40.2. The Hall–Kier alpha value is -7.50. The molecule has 0 unspecified atom stereocenters. The molecule has 70 heavy (non-hydrogen) atoms. The standard InChI is InChI=1S/C46H72N14O10/c1-5-27(4)38(44(69)70)60-41(66)33(14-10-20-53-46(50)51)57-40(65)32(13-9-19-52-45(48)49)58-42(67)34(21-26(2)3)59-43(68)35(23-28-11-7-6-8-12-28)56-37(63)25-54-36(62)24-55-39(64)31(47)22-29-15-17-30(61)18-16-29/h6-8,11-12,15-18,26-27,31-35,38,61H,5,9-10,13-14,19-25,47H2,1-4H3,(H,54,62)(H,55,64)(H,56,63)(H,57,65)(H,58,67)(H,59,68)(H,60,66)(H,69,70)(H4,48,49,52)(H4,50,51,53)/t27-,31-,32-,33-,34-,35-,38-/m1/s1. The number of hydrogen-bond donors (Lipinski definition) is 14. The van der Waals surface area contributed by atoms with Gasteiger partial charge in [0.2, 0.25) is 41.4 Å². The number of phenolic OH excluding ortho intramolecular Hbond substituents is 1. The van der Waals surface area contributed by atoms with Crippen LogP contribution in [0.3, 0.4) is 0 Å². The number of carbonyl (C=O) groups is 8. The average Bonchev–Trinajstić information content (AvgIpc) is 3.30. The molecule has 0 heterocycles. The van der Waals surface area contributed by atoms with E-state index in [1.807, 2.05) is 0 Å². The molecule has 24 nitrogen and oxygen atoms in total. The van der Waals surface area contributed by atoms with E-state index < -0.39 is 103 Å². The van der Waals surface area contributed by atoms with Crippen molar-refractivity contribution in [1.29, 1.82) is 0 Å². The van der Waals surface area contributed by atoms with Crippen molar-refractivity contribution in [2.75, 3.05) is 26.2 Å². The average molecular weight is 981 g/mol. The molecule has 0 fully saturated rings. The summed E-state index contributed by atoms with van der Waals surface area (Å²) in [6.45, 7) is 6.11. The number of carbonyl (C=O) groups excluding carboxylic acids is 7. The van der Waals surface area contributed by atoms with Gasteiger partial charge in [-0.25, -0.2) is 4.79 Å². The van der Waals surface area contributed by atoms with E-state index in [1.54, 1.807) is 70.2 Å². The number of carboxylic acids is 1. The minimum atomic E-state index is -1.32. The SMILES string of the molecule is CC[C@@H](C)[C@@H](NC(=O)[C@@H](CCCN=C(N)N)NC(=O)[C@@H](CCCN=C(N)N)NC(=O)[C@@H](CC(C)C)NC(=O)[C@@H](Cc1ccccc1)NC(=O)CNC(=O)CNC(=O)[C@H](N)Cc1ccc(O)cc1)C(=O)O. The number of phenols is 1. The van der Waals surface area contributed by atoms with Gasteiger partial charge in [-0.1, -0.05) is 76.6 Å². The number of rotatable bonds is 31. The molecule has 2 aromatic rings. The first kappa shape index (κ1) is 58.6. The molecule has 0 aliphatic carbocycles. The number of nitrogens with two attached hydrogens (primary N) is 5. The summed E-state index contributed by atoms with van der Waals surface area (Å²) in [6.07, 6.45) is 0.930. The predicted octanol–water partition coefficient (Wildman–Crippen LogP) is -2.55. The highest BCUT2D eigenvalue weighted by molar-refractivity contribution is 5.97. The number of aromatic hydroxyl groups is 1. The van der Waals surface area contributed by atoms with Gasteiger partial charge in [0.1, 0.15) is 36.0 Å². The lowest BCUT2D eigenvalue weighted by Crippen LogP contribution is -2.59. The van der Waals surface area contributed by atoms with Gasteiger partial charge < -0.3 is 76.1 Å². The molecule has 2 aromatic carbocycles. The third kappa shape index (κ3) is 23.0. The number of nitrogens with one attached hydrogen (secondary N) is 7.